The van der Waals surface area contributed by atoms with Gasteiger partial charge in [-0.05, 0) is 118 Å². The molecular formula is C31H24I2N2O6S. The molecular weight excluding hydrogens is 782 g/mol. The molecule has 2 aliphatic heterocycles. The fourth-order valence-corrected chi connectivity index (χ4v) is 7.67. The average Bonchev–Trinajstić information content (AvgIpc) is 3.55. The minimum atomic E-state index is -0.729. The topological polar surface area (TPSA) is 88.4 Å². The summed E-state index contributed by atoms with van der Waals surface area (Å²) < 4.78 is 26.8. The number of halogens is 2. The van der Waals surface area contributed by atoms with E-state index >= 15 is 0 Å². The normalized spacial score (nSPS) is 15.8. The molecule has 11 heteroatoms. The first-order valence-corrected chi connectivity index (χ1v) is 16.1. The van der Waals surface area contributed by atoms with E-state index in [1.165, 1.54) is 11.3 Å². The Balaban J connectivity index is 1.38. The fraction of sp³-hybridized carbons (Fsp3) is 0.194. The molecule has 6 rings (SSSR count). The number of hydrogen-bond donors (Lipinski definition) is 0. The Kier molecular flexibility index (Phi) is 8.41. The zero-order chi connectivity index (χ0) is 29.4. The molecule has 0 amide bonds. The first-order chi connectivity index (χ1) is 20.3. The molecule has 0 bridgehead atoms. The van der Waals surface area contributed by atoms with Gasteiger partial charge in [0.1, 0.15) is 12.4 Å². The number of nitrogens with zero attached hydrogens (tertiary/aromatic N) is 2. The van der Waals surface area contributed by atoms with Gasteiger partial charge in [-0.2, -0.15) is 0 Å². The number of hydrogen-bond acceptors (Lipinski definition) is 8. The maximum Gasteiger partial charge on any atom is 0.338 e. The SMILES string of the molecule is CCOC(=O)C1=C(C)N=c2s/c(=C\c3cccc(COc4ccc(I)cc4I)c3)c(=O)n2[C@H]1c1ccc2c(c1)OCO2. The number of carbonyl (C=O) groups excluding carboxylic acids is 1. The molecule has 42 heavy (non-hydrogen) atoms. The lowest BCUT2D eigenvalue weighted by atomic mass is 9.95. The van der Waals surface area contributed by atoms with Gasteiger partial charge in [0.15, 0.2) is 16.3 Å². The summed E-state index contributed by atoms with van der Waals surface area (Å²) >= 11 is 5.83. The van der Waals surface area contributed by atoms with E-state index in [0.29, 0.717) is 44.3 Å². The van der Waals surface area contributed by atoms with Gasteiger partial charge in [0.05, 0.1) is 32.0 Å². The van der Waals surface area contributed by atoms with Crippen LogP contribution in [-0.2, 0) is 16.1 Å². The summed E-state index contributed by atoms with van der Waals surface area (Å²) in [7, 11) is 0. The zero-order valence-corrected chi connectivity index (χ0v) is 27.7. The molecule has 8 nitrogen and oxygen atoms in total. The number of benzene rings is 3. The lowest BCUT2D eigenvalue weighted by molar-refractivity contribution is -0.139. The third-order valence-electron chi connectivity index (χ3n) is 6.77. The van der Waals surface area contributed by atoms with Crippen molar-refractivity contribution in [3.63, 3.8) is 0 Å². The molecule has 0 saturated carbocycles. The van der Waals surface area contributed by atoms with Crippen LogP contribution < -0.4 is 29.1 Å². The van der Waals surface area contributed by atoms with Gasteiger partial charge >= 0.3 is 5.97 Å². The van der Waals surface area contributed by atoms with E-state index in [-0.39, 0.29) is 19.0 Å². The third-order valence-corrected chi connectivity index (χ3v) is 9.26. The number of fused-ring (bicyclic) bond motifs is 2. The van der Waals surface area contributed by atoms with Crippen LogP contribution in [0.2, 0.25) is 0 Å². The van der Waals surface area contributed by atoms with E-state index in [1.54, 1.807) is 30.5 Å². The first kappa shape index (κ1) is 28.9. The van der Waals surface area contributed by atoms with Crippen molar-refractivity contribution in [2.75, 3.05) is 13.4 Å². The van der Waals surface area contributed by atoms with Crippen LogP contribution in [0.3, 0.4) is 0 Å². The van der Waals surface area contributed by atoms with Crippen LogP contribution in [0, 0.1) is 7.14 Å². The van der Waals surface area contributed by atoms with Gasteiger partial charge in [-0.3, -0.25) is 9.36 Å². The van der Waals surface area contributed by atoms with Gasteiger partial charge in [-0.1, -0.05) is 35.6 Å². The molecule has 2 aliphatic rings. The summed E-state index contributed by atoms with van der Waals surface area (Å²) in [6.07, 6.45) is 1.85. The van der Waals surface area contributed by atoms with Gasteiger partial charge < -0.3 is 18.9 Å². The van der Waals surface area contributed by atoms with Gasteiger partial charge in [0.2, 0.25) is 6.79 Å². The van der Waals surface area contributed by atoms with E-state index in [0.717, 1.165) is 24.0 Å². The second-order valence-electron chi connectivity index (χ2n) is 9.52. The maximum absolute atomic E-state index is 14.0. The van der Waals surface area contributed by atoms with Crippen LogP contribution in [0.15, 0.2) is 81.7 Å². The molecule has 0 radical (unpaired) electrons. The molecule has 1 aromatic heterocycles. The summed E-state index contributed by atoms with van der Waals surface area (Å²) in [4.78, 5) is 32.3. The van der Waals surface area contributed by atoms with Crippen molar-refractivity contribution in [2.24, 2.45) is 4.99 Å². The number of carbonyl (C=O) groups is 1. The van der Waals surface area contributed by atoms with Gasteiger partial charge in [-0.15, -0.1) is 0 Å². The van der Waals surface area contributed by atoms with E-state index in [9.17, 15) is 9.59 Å². The fourth-order valence-electron chi connectivity index (χ4n) is 4.87. The van der Waals surface area contributed by atoms with E-state index in [4.69, 9.17) is 18.9 Å². The third kappa shape index (κ3) is 5.73. The minimum Gasteiger partial charge on any atom is -0.488 e. The van der Waals surface area contributed by atoms with Crippen molar-refractivity contribution in [3.8, 4) is 17.2 Å². The largest absolute Gasteiger partial charge is 0.488 e. The van der Waals surface area contributed by atoms with Crippen molar-refractivity contribution in [2.45, 2.75) is 26.5 Å². The molecule has 0 aliphatic carbocycles. The first-order valence-electron chi connectivity index (χ1n) is 13.1. The van der Waals surface area contributed by atoms with Crippen LogP contribution in [0.4, 0.5) is 0 Å². The lowest BCUT2D eigenvalue weighted by Crippen LogP contribution is -2.39. The number of thiazole rings is 1. The molecule has 4 aromatic rings. The summed E-state index contributed by atoms with van der Waals surface area (Å²) in [6, 6.07) is 18.6. The minimum absolute atomic E-state index is 0.120. The molecule has 0 fully saturated rings. The van der Waals surface area contributed by atoms with Crippen LogP contribution in [-0.4, -0.2) is 23.9 Å². The molecule has 1 atom stereocenters. The van der Waals surface area contributed by atoms with Crippen molar-refractivity contribution in [1.29, 1.82) is 0 Å². The van der Waals surface area contributed by atoms with E-state index < -0.39 is 12.0 Å². The average molecular weight is 806 g/mol. The highest BCUT2D eigenvalue weighted by molar-refractivity contribution is 14.1. The van der Waals surface area contributed by atoms with Crippen molar-refractivity contribution in [1.82, 2.24) is 4.57 Å². The number of aromatic nitrogens is 1. The Morgan fingerprint density at radius 1 is 1.12 bits per heavy atom. The lowest BCUT2D eigenvalue weighted by Gasteiger charge is -2.24. The highest BCUT2D eigenvalue weighted by Gasteiger charge is 2.34. The van der Waals surface area contributed by atoms with Crippen LogP contribution in [0.25, 0.3) is 6.08 Å². The molecule has 214 valence electrons. The van der Waals surface area contributed by atoms with E-state index in [2.05, 4.69) is 56.2 Å². The highest BCUT2D eigenvalue weighted by atomic mass is 127. The number of rotatable bonds is 7. The molecule has 3 aromatic carbocycles. The summed E-state index contributed by atoms with van der Waals surface area (Å²) in [5.41, 5.74) is 3.12. The summed E-state index contributed by atoms with van der Waals surface area (Å²) in [5.74, 6) is 1.49. The molecule has 0 N–H and O–H groups in total. The quantitative estimate of drug-likeness (QED) is 0.186. The number of allylic oxidation sites excluding steroid dienone is 1. The van der Waals surface area contributed by atoms with Gasteiger partial charge in [0, 0.05) is 3.57 Å². The molecule has 3 heterocycles. The Morgan fingerprint density at radius 2 is 1.95 bits per heavy atom. The van der Waals surface area contributed by atoms with Gasteiger partial charge in [0.25, 0.3) is 5.56 Å². The van der Waals surface area contributed by atoms with Gasteiger partial charge in [-0.25, -0.2) is 9.79 Å². The summed E-state index contributed by atoms with van der Waals surface area (Å²) in [5, 5.41) is 0. The Bertz CT molecular complexity index is 1930. The van der Waals surface area contributed by atoms with Crippen molar-refractivity contribution >= 4 is 68.6 Å². The highest BCUT2D eigenvalue weighted by Crippen LogP contribution is 2.38. The second kappa shape index (κ2) is 12.2. The van der Waals surface area contributed by atoms with Crippen LogP contribution in [0.1, 0.15) is 36.6 Å². The summed E-state index contributed by atoms with van der Waals surface area (Å²) in [6.45, 7) is 4.23. The second-order valence-corrected chi connectivity index (χ2v) is 12.9. The molecule has 0 saturated heterocycles. The zero-order valence-electron chi connectivity index (χ0n) is 22.6. The predicted octanol–water partition coefficient (Wildman–Crippen LogP) is 5.32. The monoisotopic (exact) mass is 806 g/mol. The van der Waals surface area contributed by atoms with Crippen LogP contribution >= 0.6 is 56.5 Å². The maximum atomic E-state index is 14.0. The predicted molar refractivity (Wildman–Crippen MR) is 176 cm³/mol. The Hall–Kier alpha value is -3.17. The Morgan fingerprint density at radius 3 is 2.76 bits per heavy atom. The van der Waals surface area contributed by atoms with Crippen LogP contribution in [0.5, 0.6) is 17.2 Å². The Labute approximate surface area is 272 Å². The number of ether oxygens (including phenoxy) is 4. The standard InChI is InChI=1S/C31H24I2N2O6S/c1-3-38-30(37)27-17(2)34-31-35(28(27)20-7-9-24-25(13-20)41-16-40-24)29(36)26(42-31)12-18-5-4-6-19(11-18)15-39-23-10-8-21(32)14-22(23)33/h4-14,28H,3,15-16H2,1-2H3/b26-12-/t28-/m0/s1. The van der Waals surface area contributed by atoms with Crippen molar-refractivity contribution in [3.05, 3.63) is 115 Å². The van der Waals surface area contributed by atoms with E-state index in [1.807, 2.05) is 48.5 Å². The molecule has 0 spiro atoms. The van der Waals surface area contributed by atoms with Crippen molar-refractivity contribution < 1.29 is 23.7 Å². The molecule has 0 unspecified atom stereocenters. The smallest absolute Gasteiger partial charge is 0.338 e. The number of esters is 1.